The van der Waals surface area contributed by atoms with Crippen molar-refractivity contribution >= 4 is 0 Å². The van der Waals surface area contributed by atoms with Crippen LogP contribution in [-0.4, -0.2) is 37.1 Å². The minimum atomic E-state index is 0.681. The molecule has 2 nitrogen and oxygen atoms in total. The summed E-state index contributed by atoms with van der Waals surface area (Å²) in [5.74, 6) is 1.64. The van der Waals surface area contributed by atoms with Gasteiger partial charge in [-0.3, -0.25) is 0 Å². The Kier molecular flexibility index (Phi) is 5.77. The fourth-order valence-corrected chi connectivity index (χ4v) is 2.90. The summed E-state index contributed by atoms with van der Waals surface area (Å²) in [6, 6.07) is 1.44. The maximum absolute atomic E-state index is 3.48. The third-order valence-corrected chi connectivity index (χ3v) is 3.83. The molecule has 1 N–H and O–H groups in total. The Bertz CT molecular complexity index is 189. The van der Waals surface area contributed by atoms with E-state index in [0.717, 1.165) is 17.9 Å². The van der Waals surface area contributed by atoms with Crippen molar-refractivity contribution in [2.45, 2.75) is 59.0 Å². The Morgan fingerprint density at radius 1 is 1.19 bits per heavy atom. The van der Waals surface area contributed by atoms with Gasteiger partial charge in [0.1, 0.15) is 0 Å². The smallest absolute Gasteiger partial charge is 0.0104 e. The van der Waals surface area contributed by atoms with E-state index in [0.29, 0.717) is 6.04 Å². The lowest BCUT2D eigenvalue weighted by Gasteiger charge is -2.32. The molecule has 0 radical (unpaired) electrons. The summed E-state index contributed by atoms with van der Waals surface area (Å²) in [6.07, 6.45) is 4.19. The third kappa shape index (κ3) is 4.06. The maximum atomic E-state index is 3.48. The first-order chi connectivity index (χ1) is 7.54. The highest BCUT2D eigenvalue weighted by Crippen LogP contribution is 2.27. The van der Waals surface area contributed by atoms with Crippen molar-refractivity contribution in [3.05, 3.63) is 0 Å². The highest BCUT2D eigenvalue weighted by Gasteiger charge is 2.28. The number of rotatable bonds is 6. The van der Waals surface area contributed by atoms with Gasteiger partial charge in [-0.2, -0.15) is 0 Å². The van der Waals surface area contributed by atoms with E-state index in [1.165, 1.54) is 32.4 Å². The molecule has 1 saturated carbocycles. The van der Waals surface area contributed by atoms with Crippen LogP contribution >= 0.6 is 0 Å². The van der Waals surface area contributed by atoms with Crippen molar-refractivity contribution < 1.29 is 0 Å². The molecule has 2 unspecified atom stereocenters. The SMILES string of the molecule is CNC1CCCC1CN(CC(C)C)C(C)C. The van der Waals surface area contributed by atoms with Gasteiger partial charge in [0.25, 0.3) is 0 Å². The van der Waals surface area contributed by atoms with E-state index in [-0.39, 0.29) is 0 Å². The zero-order valence-corrected chi connectivity index (χ0v) is 11.8. The first-order valence-corrected chi connectivity index (χ1v) is 6.96. The van der Waals surface area contributed by atoms with Gasteiger partial charge in [0.15, 0.2) is 0 Å². The van der Waals surface area contributed by atoms with Gasteiger partial charge in [-0.25, -0.2) is 0 Å². The Labute approximate surface area is 102 Å². The Morgan fingerprint density at radius 2 is 1.88 bits per heavy atom. The van der Waals surface area contributed by atoms with E-state index >= 15 is 0 Å². The summed E-state index contributed by atoms with van der Waals surface area (Å²) < 4.78 is 0. The third-order valence-electron chi connectivity index (χ3n) is 3.83. The summed E-state index contributed by atoms with van der Waals surface area (Å²) in [4.78, 5) is 2.66. The molecule has 1 aliphatic carbocycles. The molecular weight excluding hydrogens is 196 g/mol. The van der Waals surface area contributed by atoms with Crippen molar-refractivity contribution in [3.63, 3.8) is 0 Å². The summed E-state index contributed by atoms with van der Waals surface area (Å²) in [6.45, 7) is 11.8. The average Bonchev–Trinajstić information content (AvgIpc) is 2.63. The zero-order chi connectivity index (χ0) is 12.1. The molecule has 0 amide bonds. The van der Waals surface area contributed by atoms with Crippen LogP contribution in [0.2, 0.25) is 0 Å². The molecule has 2 atom stereocenters. The van der Waals surface area contributed by atoms with Crippen LogP contribution in [0, 0.1) is 11.8 Å². The summed E-state index contributed by atoms with van der Waals surface area (Å²) in [5, 5.41) is 3.48. The van der Waals surface area contributed by atoms with E-state index in [1.807, 2.05) is 0 Å². The molecule has 16 heavy (non-hydrogen) atoms. The monoisotopic (exact) mass is 226 g/mol. The van der Waals surface area contributed by atoms with E-state index in [9.17, 15) is 0 Å². The molecule has 0 saturated heterocycles. The van der Waals surface area contributed by atoms with Crippen LogP contribution in [0.3, 0.4) is 0 Å². The molecule has 96 valence electrons. The molecule has 1 rings (SSSR count). The second-order valence-electron chi connectivity index (χ2n) is 6.03. The highest BCUT2D eigenvalue weighted by molar-refractivity contribution is 4.85. The average molecular weight is 226 g/mol. The molecule has 1 fully saturated rings. The fraction of sp³-hybridized carbons (Fsp3) is 1.00. The maximum Gasteiger partial charge on any atom is 0.0104 e. The Hall–Kier alpha value is -0.0800. The molecular formula is C14H30N2. The van der Waals surface area contributed by atoms with E-state index in [1.54, 1.807) is 0 Å². The van der Waals surface area contributed by atoms with E-state index in [2.05, 4.69) is 45.0 Å². The molecule has 0 aromatic heterocycles. The lowest BCUT2D eigenvalue weighted by atomic mass is 10.0. The van der Waals surface area contributed by atoms with E-state index in [4.69, 9.17) is 0 Å². The normalized spacial score (nSPS) is 26.2. The van der Waals surface area contributed by atoms with Crippen molar-refractivity contribution in [1.29, 1.82) is 0 Å². The zero-order valence-electron chi connectivity index (χ0n) is 11.8. The minimum Gasteiger partial charge on any atom is -0.317 e. The standard InChI is InChI=1S/C14H30N2/c1-11(2)9-16(12(3)4)10-13-7-6-8-14(13)15-5/h11-15H,6-10H2,1-5H3. The largest absolute Gasteiger partial charge is 0.317 e. The van der Waals surface area contributed by atoms with Gasteiger partial charge < -0.3 is 10.2 Å². The lowest BCUT2D eigenvalue weighted by molar-refractivity contribution is 0.159. The highest BCUT2D eigenvalue weighted by atomic mass is 15.2. The van der Waals surface area contributed by atoms with E-state index < -0.39 is 0 Å². The predicted molar refractivity (Wildman–Crippen MR) is 71.7 cm³/mol. The van der Waals surface area contributed by atoms with Crippen LogP contribution in [0.25, 0.3) is 0 Å². The summed E-state index contributed by atoms with van der Waals surface area (Å²) in [5.41, 5.74) is 0. The van der Waals surface area contributed by atoms with Gasteiger partial charge >= 0.3 is 0 Å². The second kappa shape index (κ2) is 6.61. The van der Waals surface area contributed by atoms with Crippen molar-refractivity contribution in [1.82, 2.24) is 10.2 Å². The van der Waals surface area contributed by atoms with Crippen LogP contribution in [0.4, 0.5) is 0 Å². The summed E-state index contributed by atoms with van der Waals surface area (Å²) >= 11 is 0. The lowest BCUT2D eigenvalue weighted by Crippen LogP contribution is -2.42. The van der Waals surface area contributed by atoms with Gasteiger partial charge in [-0.05, 0) is 45.6 Å². The van der Waals surface area contributed by atoms with Crippen molar-refractivity contribution in [3.8, 4) is 0 Å². The Balaban J connectivity index is 2.47. The van der Waals surface area contributed by atoms with Gasteiger partial charge in [0.05, 0.1) is 0 Å². The van der Waals surface area contributed by atoms with Crippen LogP contribution < -0.4 is 5.32 Å². The van der Waals surface area contributed by atoms with Crippen molar-refractivity contribution in [2.75, 3.05) is 20.1 Å². The van der Waals surface area contributed by atoms with Crippen LogP contribution in [-0.2, 0) is 0 Å². The van der Waals surface area contributed by atoms with Crippen LogP contribution in [0.15, 0.2) is 0 Å². The molecule has 0 aliphatic heterocycles. The molecule has 0 bridgehead atoms. The molecule has 0 heterocycles. The second-order valence-corrected chi connectivity index (χ2v) is 6.03. The first-order valence-electron chi connectivity index (χ1n) is 6.96. The number of hydrogen-bond acceptors (Lipinski definition) is 2. The van der Waals surface area contributed by atoms with Gasteiger partial charge in [-0.15, -0.1) is 0 Å². The van der Waals surface area contributed by atoms with Crippen molar-refractivity contribution in [2.24, 2.45) is 11.8 Å². The molecule has 1 aliphatic rings. The number of nitrogens with one attached hydrogen (secondary N) is 1. The van der Waals surface area contributed by atoms with Crippen LogP contribution in [0.5, 0.6) is 0 Å². The first kappa shape index (κ1) is 14.0. The quantitative estimate of drug-likeness (QED) is 0.749. The molecule has 0 aromatic rings. The minimum absolute atomic E-state index is 0.681. The fourth-order valence-electron chi connectivity index (χ4n) is 2.90. The molecule has 0 aromatic carbocycles. The molecule has 2 heteroatoms. The Morgan fingerprint density at radius 3 is 2.38 bits per heavy atom. The summed E-state index contributed by atoms with van der Waals surface area (Å²) in [7, 11) is 2.12. The topological polar surface area (TPSA) is 15.3 Å². The molecule has 0 spiro atoms. The number of hydrogen-bond donors (Lipinski definition) is 1. The van der Waals surface area contributed by atoms with Gasteiger partial charge in [0.2, 0.25) is 0 Å². The number of nitrogens with zero attached hydrogens (tertiary/aromatic N) is 1. The predicted octanol–water partition coefficient (Wildman–Crippen LogP) is 2.74. The van der Waals surface area contributed by atoms with Gasteiger partial charge in [0, 0.05) is 25.2 Å². The van der Waals surface area contributed by atoms with Gasteiger partial charge in [-0.1, -0.05) is 20.3 Å². The van der Waals surface area contributed by atoms with Crippen LogP contribution in [0.1, 0.15) is 47.0 Å².